The van der Waals surface area contributed by atoms with Crippen molar-refractivity contribution in [1.82, 2.24) is 4.90 Å². The lowest BCUT2D eigenvalue weighted by Gasteiger charge is -2.30. The van der Waals surface area contributed by atoms with Gasteiger partial charge in [0.1, 0.15) is 17.4 Å². The topological polar surface area (TPSA) is 80.0 Å². The van der Waals surface area contributed by atoms with Gasteiger partial charge in [0, 0.05) is 6.54 Å². The number of aryl methyl sites for hydroxylation is 2. The van der Waals surface area contributed by atoms with Crippen molar-refractivity contribution < 1.29 is 23.8 Å². The highest BCUT2D eigenvalue weighted by Crippen LogP contribution is 2.24. The van der Waals surface area contributed by atoms with E-state index in [0.717, 1.165) is 6.42 Å². The van der Waals surface area contributed by atoms with Gasteiger partial charge in [0.15, 0.2) is 0 Å². The first-order valence-electron chi connectivity index (χ1n) is 7.14. The SMILES string of the molecule is CCCN(C(=O)c1cc(C)oc1C)C1COCC1C(=O)O. The monoisotopic (exact) mass is 295 g/mol. The van der Waals surface area contributed by atoms with Gasteiger partial charge in [-0.1, -0.05) is 6.92 Å². The average Bonchev–Trinajstić information content (AvgIpc) is 3.01. The van der Waals surface area contributed by atoms with Crippen LogP contribution in [0.25, 0.3) is 0 Å². The summed E-state index contributed by atoms with van der Waals surface area (Å²) in [6, 6.07) is 1.27. The van der Waals surface area contributed by atoms with Crippen LogP contribution in [0.3, 0.4) is 0 Å². The Hall–Kier alpha value is -1.82. The van der Waals surface area contributed by atoms with Crippen molar-refractivity contribution in [2.24, 2.45) is 5.92 Å². The van der Waals surface area contributed by atoms with E-state index in [4.69, 9.17) is 9.15 Å². The van der Waals surface area contributed by atoms with E-state index in [1.54, 1.807) is 24.8 Å². The van der Waals surface area contributed by atoms with Gasteiger partial charge < -0.3 is 19.2 Å². The molecule has 0 bridgehead atoms. The first-order valence-corrected chi connectivity index (χ1v) is 7.14. The van der Waals surface area contributed by atoms with E-state index in [0.29, 0.717) is 23.6 Å². The fourth-order valence-corrected chi connectivity index (χ4v) is 2.74. The van der Waals surface area contributed by atoms with Crippen LogP contribution in [0.4, 0.5) is 0 Å². The molecule has 0 aliphatic carbocycles. The van der Waals surface area contributed by atoms with Crippen molar-refractivity contribution in [3.05, 3.63) is 23.2 Å². The number of aliphatic carboxylic acids is 1. The van der Waals surface area contributed by atoms with Gasteiger partial charge in [0.05, 0.1) is 24.8 Å². The van der Waals surface area contributed by atoms with Crippen LogP contribution in [0.2, 0.25) is 0 Å². The highest BCUT2D eigenvalue weighted by atomic mass is 16.5. The number of carboxylic acids is 1. The van der Waals surface area contributed by atoms with E-state index in [1.807, 2.05) is 6.92 Å². The molecule has 2 rings (SSSR count). The summed E-state index contributed by atoms with van der Waals surface area (Å²) >= 11 is 0. The Balaban J connectivity index is 2.28. The van der Waals surface area contributed by atoms with E-state index < -0.39 is 17.9 Å². The number of hydrogen-bond acceptors (Lipinski definition) is 4. The van der Waals surface area contributed by atoms with Crippen LogP contribution in [-0.2, 0) is 9.53 Å². The Morgan fingerprint density at radius 1 is 1.38 bits per heavy atom. The van der Waals surface area contributed by atoms with Crippen molar-refractivity contribution in [3.63, 3.8) is 0 Å². The quantitative estimate of drug-likeness (QED) is 0.896. The number of nitrogens with zero attached hydrogens (tertiary/aromatic N) is 1. The molecule has 0 aromatic carbocycles. The van der Waals surface area contributed by atoms with Crippen LogP contribution in [0.5, 0.6) is 0 Å². The Morgan fingerprint density at radius 3 is 2.62 bits per heavy atom. The molecule has 21 heavy (non-hydrogen) atoms. The molecule has 2 heterocycles. The molecule has 6 heteroatoms. The molecule has 2 unspecified atom stereocenters. The molecular weight excluding hydrogens is 274 g/mol. The first-order chi connectivity index (χ1) is 9.95. The molecule has 2 atom stereocenters. The van der Waals surface area contributed by atoms with E-state index in [2.05, 4.69) is 0 Å². The molecule has 1 aromatic rings. The van der Waals surface area contributed by atoms with Crippen LogP contribution < -0.4 is 0 Å². The normalized spacial score (nSPS) is 21.5. The van der Waals surface area contributed by atoms with E-state index in [1.165, 1.54) is 0 Å². The van der Waals surface area contributed by atoms with Gasteiger partial charge in [-0.15, -0.1) is 0 Å². The second kappa shape index (κ2) is 6.30. The Bertz CT molecular complexity index is 536. The summed E-state index contributed by atoms with van der Waals surface area (Å²) in [5.74, 6) is -0.553. The van der Waals surface area contributed by atoms with Gasteiger partial charge in [-0.05, 0) is 26.3 Å². The summed E-state index contributed by atoms with van der Waals surface area (Å²) in [7, 11) is 0. The molecule has 0 spiro atoms. The maximum absolute atomic E-state index is 12.7. The van der Waals surface area contributed by atoms with Gasteiger partial charge in [0.25, 0.3) is 5.91 Å². The third kappa shape index (κ3) is 3.10. The van der Waals surface area contributed by atoms with Crippen LogP contribution in [0.1, 0.15) is 35.2 Å². The zero-order valence-corrected chi connectivity index (χ0v) is 12.6. The van der Waals surface area contributed by atoms with Crippen LogP contribution in [0, 0.1) is 19.8 Å². The third-order valence-corrected chi connectivity index (χ3v) is 3.76. The molecule has 6 nitrogen and oxygen atoms in total. The molecule has 1 aromatic heterocycles. The predicted octanol–water partition coefficient (Wildman–Crippen LogP) is 1.85. The molecule has 116 valence electrons. The van der Waals surface area contributed by atoms with Gasteiger partial charge >= 0.3 is 5.97 Å². The molecule has 1 N–H and O–H groups in total. The molecule has 1 aliphatic rings. The predicted molar refractivity (Wildman–Crippen MR) is 75.2 cm³/mol. The van der Waals surface area contributed by atoms with E-state index in [9.17, 15) is 14.7 Å². The lowest BCUT2D eigenvalue weighted by atomic mass is 10.0. The van der Waals surface area contributed by atoms with Crippen molar-refractivity contribution in [1.29, 1.82) is 0 Å². The Labute approximate surface area is 123 Å². The summed E-state index contributed by atoms with van der Waals surface area (Å²) in [5.41, 5.74) is 0.497. The van der Waals surface area contributed by atoms with Gasteiger partial charge in [0.2, 0.25) is 0 Å². The number of rotatable bonds is 5. The first kappa shape index (κ1) is 15.6. The number of carbonyl (C=O) groups excluding carboxylic acids is 1. The standard InChI is InChI=1S/C15H21NO5/c1-4-5-16(13-8-20-7-12(13)15(18)19)14(17)11-6-9(2)21-10(11)3/h6,12-13H,4-5,7-8H2,1-3H3,(H,18,19). The highest BCUT2D eigenvalue weighted by Gasteiger charge is 2.40. The number of hydrogen-bond donors (Lipinski definition) is 1. The number of ether oxygens (including phenoxy) is 1. The average molecular weight is 295 g/mol. The second-order valence-electron chi connectivity index (χ2n) is 5.37. The smallest absolute Gasteiger partial charge is 0.311 e. The fourth-order valence-electron chi connectivity index (χ4n) is 2.74. The summed E-state index contributed by atoms with van der Waals surface area (Å²) < 4.78 is 10.7. The minimum Gasteiger partial charge on any atom is -0.481 e. The fraction of sp³-hybridized carbons (Fsp3) is 0.600. The molecule has 1 fully saturated rings. The largest absolute Gasteiger partial charge is 0.481 e. The molecule has 0 saturated carbocycles. The maximum atomic E-state index is 12.7. The summed E-state index contributed by atoms with van der Waals surface area (Å²) in [4.78, 5) is 25.7. The van der Waals surface area contributed by atoms with Crippen LogP contribution in [-0.4, -0.2) is 47.7 Å². The zero-order chi connectivity index (χ0) is 15.6. The van der Waals surface area contributed by atoms with Gasteiger partial charge in [-0.2, -0.15) is 0 Å². The van der Waals surface area contributed by atoms with Crippen LogP contribution in [0.15, 0.2) is 10.5 Å². The van der Waals surface area contributed by atoms with E-state index in [-0.39, 0.29) is 19.1 Å². The number of furan rings is 1. The Kier molecular flexibility index (Phi) is 4.67. The zero-order valence-electron chi connectivity index (χ0n) is 12.6. The summed E-state index contributed by atoms with van der Waals surface area (Å²) in [6.45, 7) is 6.39. The van der Waals surface area contributed by atoms with Crippen LogP contribution >= 0.6 is 0 Å². The number of amides is 1. The summed E-state index contributed by atoms with van der Waals surface area (Å²) in [5, 5.41) is 9.28. The van der Waals surface area contributed by atoms with Crippen molar-refractivity contribution in [2.75, 3.05) is 19.8 Å². The lowest BCUT2D eigenvalue weighted by molar-refractivity contribution is -0.142. The third-order valence-electron chi connectivity index (χ3n) is 3.76. The molecule has 1 saturated heterocycles. The van der Waals surface area contributed by atoms with E-state index >= 15 is 0 Å². The van der Waals surface area contributed by atoms with Crippen molar-refractivity contribution in [3.8, 4) is 0 Å². The molecular formula is C15H21NO5. The number of carbonyl (C=O) groups is 2. The minimum absolute atomic E-state index is 0.150. The highest BCUT2D eigenvalue weighted by molar-refractivity contribution is 5.96. The molecule has 0 radical (unpaired) electrons. The summed E-state index contributed by atoms with van der Waals surface area (Å²) in [6.07, 6.45) is 0.754. The lowest BCUT2D eigenvalue weighted by Crippen LogP contribution is -2.47. The van der Waals surface area contributed by atoms with Crippen molar-refractivity contribution >= 4 is 11.9 Å². The van der Waals surface area contributed by atoms with Crippen molar-refractivity contribution in [2.45, 2.75) is 33.2 Å². The van der Waals surface area contributed by atoms with Gasteiger partial charge in [-0.25, -0.2) is 0 Å². The molecule has 1 amide bonds. The second-order valence-corrected chi connectivity index (χ2v) is 5.37. The molecule has 1 aliphatic heterocycles. The number of carboxylic acid groups (broad SMARTS) is 1. The minimum atomic E-state index is -0.925. The van der Waals surface area contributed by atoms with Gasteiger partial charge in [-0.3, -0.25) is 9.59 Å². The maximum Gasteiger partial charge on any atom is 0.311 e. The Morgan fingerprint density at radius 2 is 2.10 bits per heavy atom.